The highest BCUT2D eigenvalue weighted by molar-refractivity contribution is 7.89. The van der Waals surface area contributed by atoms with Crippen LogP contribution in [0.5, 0.6) is 0 Å². The molecule has 1 aromatic heterocycles. The van der Waals surface area contributed by atoms with Crippen molar-refractivity contribution in [2.24, 2.45) is 0 Å². The van der Waals surface area contributed by atoms with E-state index in [0.717, 1.165) is 6.07 Å². The van der Waals surface area contributed by atoms with Gasteiger partial charge in [0, 0.05) is 43.7 Å². The molecule has 1 amide bonds. The molecule has 11 nitrogen and oxygen atoms in total. The zero-order valence-corrected chi connectivity index (χ0v) is 17.8. The van der Waals surface area contributed by atoms with E-state index in [9.17, 15) is 28.1 Å². The van der Waals surface area contributed by atoms with Crippen LogP contribution in [0, 0.1) is 17.0 Å². The number of nitro groups is 1. The zero-order chi connectivity index (χ0) is 23.0. The highest BCUT2D eigenvalue weighted by atomic mass is 32.2. The number of hydrogen-bond donors (Lipinski definition) is 1. The molecule has 1 fully saturated rings. The molecular weight excluding hydrogens is 438 g/mol. The number of non-ortho nitro benzene ring substituents is 1. The van der Waals surface area contributed by atoms with Gasteiger partial charge in [0.05, 0.1) is 15.2 Å². The van der Waals surface area contributed by atoms with Crippen LogP contribution in [0.4, 0.5) is 5.69 Å². The molecule has 4 rings (SSSR count). The maximum absolute atomic E-state index is 13.1. The largest absolute Gasteiger partial charge is 0.335 e. The van der Waals surface area contributed by atoms with Crippen molar-refractivity contribution in [3.63, 3.8) is 0 Å². The molecule has 1 saturated heterocycles. The fourth-order valence-corrected chi connectivity index (χ4v) is 5.35. The predicted octanol–water partition coefficient (Wildman–Crippen LogP) is 1.29. The standard InChI is InChI=1S/C20H19N5O6S/c1-13-6-7-14(25(28)29)12-17(13)32(30,31)24-10-8-23(9-11-24)20(27)18-15-4-2-3-5-16(15)19(26)22-21-18/h2-7,12H,8-11H2,1H3,(H,22,26). The lowest BCUT2D eigenvalue weighted by atomic mass is 10.1. The Morgan fingerprint density at radius 3 is 2.41 bits per heavy atom. The van der Waals surface area contributed by atoms with E-state index in [1.54, 1.807) is 31.2 Å². The number of H-pyrrole nitrogens is 1. The van der Waals surface area contributed by atoms with Gasteiger partial charge in [-0.15, -0.1) is 0 Å². The number of fused-ring (bicyclic) bond motifs is 1. The molecule has 12 heteroatoms. The lowest BCUT2D eigenvalue weighted by molar-refractivity contribution is -0.385. The van der Waals surface area contributed by atoms with Gasteiger partial charge in [0.25, 0.3) is 17.2 Å². The summed E-state index contributed by atoms with van der Waals surface area (Å²) in [6.45, 7) is 1.85. The first-order valence-corrected chi connectivity index (χ1v) is 11.2. The fraction of sp³-hybridized carbons (Fsp3) is 0.250. The van der Waals surface area contributed by atoms with E-state index in [-0.39, 0.29) is 42.5 Å². The molecule has 3 aromatic rings. The van der Waals surface area contributed by atoms with Crippen molar-refractivity contribution in [1.29, 1.82) is 0 Å². The van der Waals surface area contributed by atoms with E-state index >= 15 is 0 Å². The van der Waals surface area contributed by atoms with Gasteiger partial charge < -0.3 is 4.90 Å². The smallest absolute Gasteiger partial charge is 0.275 e. The normalized spacial score (nSPS) is 15.1. The second kappa shape index (κ2) is 8.13. The van der Waals surface area contributed by atoms with Crippen molar-refractivity contribution < 1.29 is 18.1 Å². The number of rotatable bonds is 4. The summed E-state index contributed by atoms with van der Waals surface area (Å²) < 4.78 is 27.4. The van der Waals surface area contributed by atoms with Gasteiger partial charge in [-0.05, 0) is 18.6 Å². The molecule has 32 heavy (non-hydrogen) atoms. The molecule has 0 aliphatic carbocycles. The van der Waals surface area contributed by atoms with Crippen molar-refractivity contribution in [3.8, 4) is 0 Å². The van der Waals surface area contributed by atoms with Gasteiger partial charge in [-0.3, -0.25) is 19.7 Å². The van der Waals surface area contributed by atoms with Gasteiger partial charge >= 0.3 is 0 Å². The number of hydrogen-bond acceptors (Lipinski definition) is 7. The number of aromatic nitrogens is 2. The summed E-state index contributed by atoms with van der Waals surface area (Å²) in [5.74, 6) is -0.416. The van der Waals surface area contributed by atoms with Crippen LogP contribution < -0.4 is 5.56 Å². The number of carbonyl (C=O) groups excluding carboxylic acids is 1. The van der Waals surface area contributed by atoms with Crippen LogP contribution in [0.25, 0.3) is 10.8 Å². The maximum Gasteiger partial charge on any atom is 0.275 e. The van der Waals surface area contributed by atoms with Gasteiger partial charge in [0.2, 0.25) is 10.0 Å². The van der Waals surface area contributed by atoms with Gasteiger partial charge in [-0.25, -0.2) is 13.5 Å². The summed E-state index contributed by atoms with van der Waals surface area (Å²) in [5, 5.41) is 18.1. The average Bonchev–Trinajstić information content (AvgIpc) is 2.79. The number of sulfonamides is 1. The van der Waals surface area contributed by atoms with E-state index in [1.165, 1.54) is 21.3 Å². The van der Waals surface area contributed by atoms with E-state index in [1.807, 2.05) is 0 Å². The zero-order valence-electron chi connectivity index (χ0n) is 17.0. The molecule has 0 unspecified atom stereocenters. The second-order valence-corrected chi connectivity index (χ2v) is 9.26. The molecule has 0 spiro atoms. The Kier molecular flexibility index (Phi) is 5.48. The molecule has 1 aliphatic heterocycles. The molecule has 1 N–H and O–H groups in total. The number of piperazine rings is 1. The number of carbonyl (C=O) groups is 1. The van der Waals surface area contributed by atoms with Crippen LogP contribution in [0.15, 0.2) is 52.2 Å². The summed E-state index contributed by atoms with van der Waals surface area (Å²) in [7, 11) is -3.97. The first-order chi connectivity index (χ1) is 15.2. The minimum Gasteiger partial charge on any atom is -0.335 e. The van der Waals surface area contributed by atoms with Crippen LogP contribution in [-0.2, 0) is 10.0 Å². The van der Waals surface area contributed by atoms with Gasteiger partial charge in [-0.1, -0.05) is 24.3 Å². The maximum atomic E-state index is 13.1. The number of nitro benzene ring substituents is 1. The van der Waals surface area contributed by atoms with Crippen molar-refractivity contribution >= 4 is 32.4 Å². The number of aromatic amines is 1. The van der Waals surface area contributed by atoms with E-state index in [2.05, 4.69) is 10.2 Å². The van der Waals surface area contributed by atoms with E-state index in [0.29, 0.717) is 16.3 Å². The SMILES string of the molecule is Cc1ccc([N+](=O)[O-])cc1S(=O)(=O)N1CCN(C(=O)c2n[nH]c(=O)c3ccccc23)CC1. The summed E-state index contributed by atoms with van der Waals surface area (Å²) in [4.78, 5) is 36.7. The Labute approximate surface area is 182 Å². The first-order valence-electron chi connectivity index (χ1n) is 9.72. The van der Waals surface area contributed by atoms with Crippen molar-refractivity contribution in [2.45, 2.75) is 11.8 Å². The van der Waals surface area contributed by atoms with Crippen molar-refractivity contribution in [1.82, 2.24) is 19.4 Å². The number of amides is 1. The molecule has 1 aliphatic rings. The molecular formula is C20H19N5O6S. The Hall–Kier alpha value is -3.64. The van der Waals surface area contributed by atoms with Gasteiger partial charge in [0.15, 0.2) is 5.69 Å². The van der Waals surface area contributed by atoms with E-state index in [4.69, 9.17) is 0 Å². The Morgan fingerprint density at radius 1 is 1.09 bits per heavy atom. The Balaban J connectivity index is 1.56. The van der Waals surface area contributed by atoms with Crippen LogP contribution in [0.2, 0.25) is 0 Å². The van der Waals surface area contributed by atoms with Crippen LogP contribution >= 0.6 is 0 Å². The number of nitrogens with zero attached hydrogens (tertiary/aromatic N) is 4. The van der Waals surface area contributed by atoms with Crippen LogP contribution in [0.1, 0.15) is 16.1 Å². The molecule has 0 saturated carbocycles. The second-order valence-electron chi connectivity index (χ2n) is 7.35. The van der Waals surface area contributed by atoms with Crippen molar-refractivity contribution in [3.05, 3.63) is 74.2 Å². The quantitative estimate of drug-likeness (QED) is 0.459. The minimum atomic E-state index is -3.97. The third kappa shape index (κ3) is 3.74. The topological polar surface area (TPSA) is 147 Å². The Morgan fingerprint density at radius 2 is 1.75 bits per heavy atom. The highest BCUT2D eigenvalue weighted by Crippen LogP contribution is 2.26. The summed E-state index contributed by atoms with van der Waals surface area (Å²) in [6, 6.07) is 10.3. The third-order valence-corrected chi connectivity index (χ3v) is 7.47. The number of benzene rings is 2. The highest BCUT2D eigenvalue weighted by Gasteiger charge is 2.33. The molecule has 0 bridgehead atoms. The molecule has 166 valence electrons. The minimum absolute atomic E-state index is 0.0253. The average molecular weight is 457 g/mol. The van der Waals surface area contributed by atoms with Gasteiger partial charge in [0.1, 0.15) is 0 Å². The lowest BCUT2D eigenvalue weighted by Crippen LogP contribution is -2.50. The number of nitrogens with one attached hydrogen (secondary N) is 1. The molecule has 0 atom stereocenters. The molecule has 0 radical (unpaired) electrons. The third-order valence-electron chi connectivity index (χ3n) is 5.42. The molecule has 2 aromatic carbocycles. The summed E-state index contributed by atoms with van der Waals surface area (Å²) in [6.07, 6.45) is 0. The number of aryl methyl sites for hydroxylation is 1. The summed E-state index contributed by atoms with van der Waals surface area (Å²) in [5.41, 5.74) is -0.219. The fourth-order valence-electron chi connectivity index (χ4n) is 3.68. The Bertz CT molecular complexity index is 1390. The van der Waals surface area contributed by atoms with Crippen molar-refractivity contribution in [2.75, 3.05) is 26.2 Å². The van der Waals surface area contributed by atoms with Crippen LogP contribution in [-0.4, -0.2) is 64.8 Å². The monoisotopic (exact) mass is 457 g/mol. The molecule has 2 heterocycles. The first kappa shape index (κ1) is 21.6. The van der Waals surface area contributed by atoms with Crippen LogP contribution in [0.3, 0.4) is 0 Å². The predicted molar refractivity (Wildman–Crippen MR) is 115 cm³/mol. The van der Waals surface area contributed by atoms with Gasteiger partial charge in [-0.2, -0.15) is 9.40 Å². The van der Waals surface area contributed by atoms with E-state index < -0.39 is 26.4 Å². The lowest BCUT2D eigenvalue weighted by Gasteiger charge is -2.34. The summed E-state index contributed by atoms with van der Waals surface area (Å²) >= 11 is 0.